The lowest BCUT2D eigenvalue weighted by atomic mass is 9.84. The number of hydrogen-bond donors (Lipinski definition) is 1. The van der Waals surface area contributed by atoms with Gasteiger partial charge in [-0.1, -0.05) is 32.9 Å². The van der Waals surface area contributed by atoms with Gasteiger partial charge in [-0.2, -0.15) is 0 Å². The van der Waals surface area contributed by atoms with Crippen molar-refractivity contribution in [2.24, 2.45) is 0 Å². The molecule has 2 rings (SSSR count). The largest absolute Gasteiger partial charge is 0.497 e. The Morgan fingerprint density at radius 2 is 1.57 bits per heavy atom. The number of ether oxygens (including phenoxy) is 6. The van der Waals surface area contributed by atoms with Crippen LogP contribution >= 0.6 is 0 Å². The molecule has 0 amide bonds. The van der Waals surface area contributed by atoms with Crippen molar-refractivity contribution in [1.82, 2.24) is 0 Å². The predicted molar refractivity (Wildman–Crippen MR) is 133 cm³/mol. The summed E-state index contributed by atoms with van der Waals surface area (Å²) < 4.78 is 40.7. The summed E-state index contributed by atoms with van der Waals surface area (Å²) in [4.78, 5) is 12.0. The van der Waals surface area contributed by atoms with Crippen molar-refractivity contribution in [3.05, 3.63) is 29.8 Å². The standard InChI is InChI=1S/C25H42O9Si/c1-16(26)33-21-19(27)20(31-14-17-10-12-18(29-6)13-11-17)22(30-7)24(23(21)32-15-28-5)34-35(8,9)25(2,3)4/h10-13,19-24,27H,14-15H2,1-9H3/t19-,20+,21-,22-,23+,24+/m0/s1. The van der Waals surface area contributed by atoms with Gasteiger partial charge in [0, 0.05) is 21.1 Å². The second-order valence-electron chi connectivity index (χ2n) is 10.3. The van der Waals surface area contributed by atoms with Crippen LogP contribution in [0, 0.1) is 0 Å². The Balaban J connectivity index is 2.42. The van der Waals surface area contributed by atoms with Crippen LogP contribution in [0.5, 0.6) is 5.75 Å². The van der Waals surface area contributed by atoms with Crippen molar-refractivity contribution < 1.29 is 42.7 Å². The zero-order chi connectivity index (χ0) is 26.4. The van der Waals surface area contributed by atoms with Crippen LogP contribution in [0.4, 0.5) is 0 Å². The summed E-state index contributed by atoms with van der Waals surface area (Å²) in [7, 11) is 2.30. The number of carbonyl (C=O) groups is 1. The molecule has 1 aromatic rings. The van der Waals surface area contributed by atoms with Crippen molar-refractivity contribution in [3.63, 3.8) is 0 Å². The molecule has 0 radical (unpaired) electrons. The number of methoxy groups -OCH3 is 3. The van der Waals surface area contributed by atoms with E-state index in [0.29, 0.717) is 0 Å². The van der Waals surface area contributed by atoms with E-state index in [2.05, 4.69) is 33.9 Å². The number of aliphatic hydroxyl groups excluding tert-OH is 1. The van der Waals surface area contributed by atoms with Crippen LogP contribution in [0.25, 0.3) is 0 Å². The first-order valence-electron chi connectivity index (χ1n) is 11.8. The monoisotopic (exact) mass is 514 g/mol. The summed E-state index contributed by atoms with van der Waals surface area (Å²) in [6.45, 7) is 12.0. The second-order valence-corrected chi connectivity index (χ2v) is 15.0. The molecule has 0 spiro atoms. The Morgan fingerprint density at radius 3 is 2.06 bits per heavy atom. The Bertz CT molecular complexity index is 793. The minimum absolute atomic E-state index is 0.0691. The Labute approximate surface area is 210 Å². The van der Waals surface area contributed by atoms with Crippen molar-refractivity contribution in [3.8, 4) is 5.75 Å². The fourth-order valence-electron chi connectivity index (χ4n) is 3.83. The van der Waals surface area contributed by atoms with Gasteiger partial charge >= 0.3 is 5.97 Å². The normalized spacial score (nSPS) is 27.5. The Hall–Kier alpha value is -1.53. The van der Waals surface area contributed by atoms with Crippen molar-refractivity contribution in [1.29, 1.82) is 0 Å². The van der Waals surface area contributed by atoms with Gasteiger partial charge in [0.05, 0.1) is 13.7 Å². The van der Waals surface area contributed by atoms with Gasteiger partial charge in [0.15, 0.2) is 14.4 Å². The van der Waals surface area contributed by atoms with E-state index in [4.69, 9.17) is 32.8 Å². The third-order valence-corrected chi connectivity index (χ3v) is 11.2. The summed E-state index contributed by atoms with van der Waals surface area (Å²) in [5, 5.41) is 11.2. The molecule has 1 aromatic carbocycles. The first-order chi connectivity index (χ1) is 16.4. The van der Waals surface area contributed by atoms with Crippen LogP contribution in [-0.4, -0.2) is 84.1 Å². The van der Waals surface area contributed by atoms with Crippen LogP contribution in [0.1, 0.15) is 33.3 Å². The van der Waals surface area contributed by atoms with E-state index in [9.17, 15) is 9.90 Å². The molecule has 0 aliphatic heterocycles. The molecular formula is C25H42O9Si. The lowest BCUT2D eigenvalue weighted by Gasteiger charge is -2.51. The summed E-state index contributed by atoms with van der Waals surface area (Å²) in [5.74, 6) is 0.188. The maximum atomic E-state index is 12.0. The number of carbonyl (C=O) groups excluding carboxylic acids is 1. The maximum absolute atomic E-state index is 12.0. The molecule has 9 nitrogen and oxygen atoms in total. The molecule has 1 aliphatic rings. The first kappa shape index (κ1) is 29.7. The fourth-order valence-corrected chi connectivity index (χ4v) is 5.13. The molecule has 0 unspecified atom stereocenters. The van der Waals surface area contributed by atoms with E-state index < -0.39 is 50.9 Å². The third kappa shape index (κ3) is 7.48. The molecule has 35 heavy (non-hydrogen) atoms. The molecule has 1 saturated carbocycles. The van der Waals surface area contributed by atoms with Crippen LogP contribution in [0.2, 0.25) is 18.1 Å². The Morgan fingerprint density at radius 1 is 0.943 bits per heavy atom. The molecule has 0 heterocycles. The van der Waals surface area contributed by atoms with E-state index in [-0.39, 0.29) is 18.4 Å². The topological polar surface area (TPSA) is 102 Å². The third-order valence-electron chi connectivity index (χ3n) is 6.76. The van der Waals surface area contributed by atoms with Crippen LogP contribution < -0.4 is 4.74 Å². The highest BCUT2D eigenvalue weighted by molar-refractivity contribution is 6.74. The molecule has 1 aliphatic carbocycles. The summed E-state index contributed by atoms with van der Waals surface area (Å²) in [5.41, 5.74) is 0.886. The average Bonchev–Trinajstić information content (AvgIpc) is 2.78. The van der Waals surface area contributed by atoms with Gasteiger partial charge in [-0.05, 0) is 35.8 Å². The zero-order valence-electron chi connectivity index (χ0n) is 22.4. The van der Waals surface area contributed by atoms with Crippen molar-refractivity contribution in [2.75, 3.05) is 28.1 Å². The Kier molecular flexibility index (Phi) is 10.7. The van der Waals surface area contributed by atoms with Gasteiger partial charge in [-0.25, -0.2) is 0 Å². The van der Waals surface area contributed by atoms with Crippen LogP contribution in [0.3, 0.4) is 0 Å². The molecule has 1 fully saturated rings. The molecule has 0 saturated heterocycles. The highest BCUT2D eigenvalue weighted by atomic mass is 28.4. The summed E-state index contributed by atoms with van der Waals surface area (Å²) in [6, 6.07) is 7.44. The molecular weight excluding hydrogens is 472 g/mol. The highest BCUT2D eigenvalue weighted by Gasteiger charge is 2.56. The van der Waals surface area contributed by atoms with Crippen LogP contribution in [0.15, 0.2) is 24.3 Å². The van der Waals surface area contributed by atoms with Gasteiger partial charge < -0.3 is 38.0 Å². The van der Waals surface area contributed by atoms with E-state index in [1.165, 1.54) is 14.0 Å². The second kappa shape index (κ2) is 12.6. The molecule has 10 heteroatoms. The molecule has 200 valence electrons. The van der Waals surface area contributed by atoms with Gasteiger partial charge in [0.25, 0.3) is 0 Å². The van der Waals surface area contributed by atoms with E-state index in [0.717, 1.165) is 11.3 Å². The van der Waals surface area contributed by atoms with Gasteiger partial charge in [0.2, 0.25) is 0 Å². The SMILES string of the molecule is COCO[C@H]1[C@H](O[Si](C)(C)C(C)(C)C)[C@@H](OC)[C@H](OCc2ccc(OC)cc2)[C@H](O)[C@@H]1OC(C)=O. The summed E-state index contributed by atoms with van der Waals surface area (Å²) >= 11 is 0. The molecule has 0 aromatic heterocycles. The molecule has 0 bridgehead atoms. The lowest BCUT2D eigenvalue weighted by molar-refractivity contribution is -0.266. The summed E-state index contributed by atoms with van der Waals surface area (Å²) in [6.07, 6.45) is -5.29. The molecule has 1 N–H and O–H groups in total. The quantitative estimate of drug-likeness (QED) is 0.271. The number of hydrogen-bond acceptors (Lipinski definition) is 9. The number of aliphatic hydroxyl groups is 1. The average molecular weight is 515 g/mol. The zero-order valence-corrected chi connectivity index (χ0v) is 23.4. The van der Waals surface area contributed by atoms with Gasteiger partial charge in [-0.3, -0.25) is 4.79 Å². The van der Waals surface area contributed by atoms with E-state index in [1.54, 1.807) is 14.2 Å². The first-order valence-corrected chi connectivity index (χ1v) is 14.7. The fraction of sp³-hybridized carbons (Fsp3) is 0.720. The lowest BCUT2D eigenvalue weighted by Crippen LogP contribution is -2.68. The van der Waals surface area contributed by atoms with Crippen molar-refractivity contribution in [2.45, 2.75) is 89.1 Å². The number of rotatable bonds is 11. The van der Waals surface area contributed by atoms with E-state index in [1.807, 2.05) is 24.3 Å². The highest BCUT2D eigenvalue weighted by Crippen LogP contribution is 2.41. The van der Waals surface area contributed by atoms with Crippen molar-refractivity contribution >= 4 is 14.3 Å². The van der Waals surface area contributed by atoms with Crippen LogP contribution in [-0.2, 0) is 39.5 Å². The minimum atomic E-state index is -2.34. The van der Waals surface area contributed by atoms with E-state index >= 15 is 0 Å². The van der Waals surface area contributed by atoms with Gasteiger partial charge in [-0.15, -0.1) is 0 Å². The molecule has 6 atom stereocenters. The maximum Gasteiger partial charge on any atom is 0.303 e. The minimum Gasteiger partial charge on any atom is -0.497 e. The predicted octanol–water partition coefficient (Wildman–Crippen LogP) is 3.28. The smallest absolute Gasteiger partial charge is 0.303 e. The number of benzene rings is 1. The number of esters is 1. The van der Waals surface area contributed by atoms with Gasteiger partial charge in [0.1, 0.15) is 43.1 Å².